The number of fused-ring (bicyclic) bond motifs is 1. The molecular weight excluding hydrogens is 310 g/mol. The Morgan fingerprint density at radius 2 is 2.00 bits per heavy atom. The standard InChI is InChI=1S/C18H21NO5/c1-18(2)10-13(12-9-11(21-3)5-6-14(12)24-18)19-17(20)15-7-8-16(22-4)23-15/h5-9,13H,10H2,1-4H3,(H,19,20)/t13-/m1/s1. The van der Waals surface area contributed by atoms with Crippen molar-refractivity contribution in [2.75, 3.05) is 14.2 Å². The molecule has 0 spiro atoms. The molecule has 0 aliphatic carbocycles. The summed E-state index contributed by atoms with van der Waals surface area (Å²) in [5.74, 6) is 1.68. The normalized spacial score (nSPS) is 18.2. The molecule has 6 heteroatoms. The minimum atomic E-state index is -0.389. The zero-order chi connectivity index (χ0) is 17.3. The number of nitrogens with one attached hydrogen (secondary N) is 1. The van der Waals surface area contributed by atoms with Gasteiger partial charge in [0.2, 0.25) is 0 Å². The maximum Gasteiger partial charge on any atom is 0.287 e. The van der Waals surface area contributed by atoms with Crippen LogP contribution in [0.1, 0.15) is 42.4 Å². The van der Waals surface area contributed by atoms with Crippen molar-refractivity contribution in [3.05, 3.63) is 41.7 Å². The van der Waals surface area contributed by atoms with E-state index in [1.54, 1.807) is 19.2 Å². The number of rotatable bonds is 4. The summed E-state index contributed by atoms with van der Waals surface area (Å²) in [6.07, 6.45) is 0.636. The summed E-state index contributed by atoms with van der Waals surface area (Å²) in [5.41, 5.74) is 0.501. The third-order valence-corrected chi connectivity index (χ3v) is 3.99. The van der Waals surface area contributed by atoms with Gasteiger partial charge in [-0.2, -0.15) is 0 Å². The van der Waals surface area contributed by atoms with E-state index in [9.17, 15) is 4.79 Å². The highest BCUT2D eigenvalue weighted by Crippen LogP contribution is 2.41. The van der Waals surface area contributed by atoms with Gasteiger partial charge >= 0.3 is 0 Å². The molecule has 0 bridgehead atoms. The van der Waals surface area contributed by atoms with Crippen LogP contribution in [0.5, 0.6) is 17.4 Å². The lowest BCUT2D eigenvalue weighted by Crippen LogP contribution is -2.41. The summed E-state index contributed by atoms with van der Waals surface area (Å²) in [6, 6.07) is 8.59. The van der Waals surface area contributed by atoms with Gasteiger partial charge in [-0.25, -0.2) is 0 Å². The van der Waals surface area contributed by atoms with Crippen LogP contribution in [0.25, 0.3) is 0 Å². The van der Waals surface area contributed by atoms with Crippen molar-refractivity contribution in [3.63, 3.8) is 0 Å². The molecule has 1 aliphatic heterocycles. The number of hydrogen-bond acceptors (Lipinski definition) is 5. The van der Waals surface area contributed by atoms with Gasteiger partial charge in [0.05, 0.1) is 20.3 Å². The molecule has 1 amide bonds. The highest BCUT2D eigenvalue weighted by molar-refractivity contribution is 5.92. The second-order valence-corrected chi connectivity index (χ2v) is 6.32. The Bertz CT molecular complexity index is 750. The van der Waals surface area contributed by atoms with Crippen LogP contribution in [0.3, 0.4) is 0 Å². The van der Waals surface area contributed by atoms with Gasteiger partial charge in [0.1, 0.15) is 17.1 Å². The average Bonchev–Trinajstić information content (AvgIpc) is 3.02. The number of furan rings is 1. The molecule has 128 valence electrons. The van der Waals surface area contributed by atoms with E-state index in [1.165, 1.54) is 7.11 Å². The lowest BCUT2D eigenvalue weighted by Gasteiger charge is -2.37. The van der Waals surface area contributed by atoms with E-state index in [0.29, 0.717) is 12.4 Å². The van der Waals surface area contributed by atoms with Crippen molar-refractivity contribution in [1.29, 1.82) is 0 Å². The van der Waals surface area contributed by atoms with Crippen LogP contribution in [0.2, 0.25) is 0 Å². The van der Waals surface area contributed by atoms with Gasteiger partial charge in [-0.1, -0.05) is 0 Å². The summed E-state index contributed by atoms with van der Waals surface area (Å²) < 4.78 is 21.6. The van der Waals surface area contributed by atoms with Crippen molar-refractivity contribution in [2.45, 2.75) is 31.9 Å². The van der Waals surface area contributed by atoms with Crippen LogP contribution in [0.4, 0.5) is 0 Å². The summed E-state index contributed by atoms with van der Waals surface area (Å²) in [6.45, 7) is 3.99. The quantitative estimate of drug-likeness (QED) is 0.930. The molecule has 1 atom stereocenters. The number of methoxy groups -OCH3 is 2. The van der Waals surface area contributed by atoms with E-state index in [-0.39, 0.29) is 23.3 Å². The largest absolute Gasteiger partial charge is 0.497 e. The number of benzene rings is 1. The predicted octanol–water partition coefficient (Wildman–Crippen LogP) is 3.33. The lowest BCUT2D eigenvalue weighted by atomic mass is 9.89. The number of carbonyl (C=O) groups excluding carboxylic acids is 1. The molecule has 2 aromatic rings. The van der Waals surface area contributed by atoms with Crippen LogP contribution in [-0.2, 0) is 0 Å². The van der Waals surface area contributed by atoms with Gasteiger partial charge in [-0.3, -0.25) is 4.79 Å². The fourth-order valence-corrected chi connectivity index (χ4v) is 2.87. The van der Waals surface area contributed by atoms with Gasteiger partial charge in [0.25, 0.3) is 11.9 Å². The molecule has 0 saturated heterocycles. The van der Waals surface area contributed by atoms with E-state index < -0.39 is 0 Å². The van der Waals surface area contributed by atoms with Crippen molar-refractivity contribution < 1.29 is 23.4 Å². The summed E-state index contributed by atoms with van der Waals surface area (Å²) in [5, 5.41) is 3.01. The van der Waals surface area contributed by atoms with Gasteiger partial charge < -0.3 is 23.9 Å². The molecule has 0 unspecified atom stereocenters. The molecule has 0 saturated carbocycles. The van der Waals surface area contributed by atoms with Crippen molar-refractivity contribution in [2.24, 2.45) is 0 Å². The molecule has 1 aliphatic rings. The third kappa shape index (κ3) is 3.18. The highest BCUT2D eigenvalue weighted by Gasteiger charge is 2.35. The molecule has 2 heterocycles. The molecule has 0 radical (unpaired) electrons. The van der Waals surface area contributed by atoms with E-state index in [2.05, 4.69) is 5.32 Å². The number of carbonyl (C=O) groups is 1. The zero-order valence-corrected chi connectivity index (χ0v) is 14.2. The van der Waals surface area contributed by atoms with Crippen molar-refractivity contribution >= 4 is 5.91 Å². The van der Waals surface area contributed by atoms with Crippen LogP contribution >= 0.6 is 0 Å². The zero-order valence-electron chi connectivity index (χ0n) is 14.2. The smallest absolute Gasteiger partial charge is 0.287 e. The van der Waals surface area contributed by atoms with Crippen LogP contribution in [0, 0.1) is 0 Å². The topological polar surface area (TPSA) is 69.9 Å². The Kier molecular flexibility index (Phi) is 4.13. The molecule has 0 fully saturated rings. The molecule has 24 heavy (non-hydrogen) atoms. The molecule has 1 aromatic carbocycles. The Hall–Kier alpha value is -2.63. The summed E-state index contributed by atoms with van der Waals surface area (Å²) in [7, 11) is 3.10. The minimum absolute atomic E-state index is 0.206. The Morgan fingerprint density at radius 1 is 1.21 bits per heavy atom. The Morgan fingerprint density at radius 3 is 2.67 bits per heavy atom. The Labute approximate surface area is 140 Å². The van der Waals surface area contributed by atoms with Crippen LogP contribution in [0.15, 0.2) is 34.7 Å². The molecule has 6 nitrogen and oxygen atoms in total. The van der Waals surface area contributed by atoms with Crippen molar-refractivity contribution in [3.8, 4) is 17.4 Å². The average molecular weight is 331 g/mol. The molecule has 3 rings (SSSR count). The monoisotopic (exact) mass is 331 g/mol. The minimum Gasteiger partial charge on any atom is -0.497 e. The summed E-state index contributed by atoms with van der Waals surface area (Å²) >= 11 is 0. The highest BCUT2D eigenvalue weighted by atomic mass is 16.6. The SMILES string of the molecule is COc1ccc2c(c1)[C@H](NC(=O)c1ccc(OC)o1)CC(C)(C)O2. The third-order valence-electron chi connectivity index (χ3n) is 3.99. The fourth-order valence-electron chi connectivity index (χ4n) is 2.87. The van der Waals surface area contributed by atoms with Gasteiger partial charge in [0.15, 0.2) is 5.76 Å². The second kappa shape index (κ2) is 6.11. The Balaban J connectivity index is 1.88. The van der Waals surface area contributed by atoms with Crippen molar-refractivity contribution in [1.82, 2.24) is 5.32 Å². The first-order valence-corrected chi connectivity index (χ1v) is 7.73. The molecule has 1 N–H and O–H groups in total. The van der Waals surface area contributed by atoms with E-state index in [4.69, 9.17) is 18.6 Å². The van der Waals surface area contributed by atoms with Crippen LogP contribution in [-0.4, -0.2) is 25.7 Å². The fraction of sp³-hybridized carbons (Fsp3) is 0.389. The van der Waals surface area contributed by atoms with E-state index >= 15 is 0 Å². The maximum atomic E-state index is 12.5. The van der Waals surface area contributed by atoms with Gasteiger partial charge in [-0.15, -0.1) is 0 Å². The van der Waals surface area contributed by atoms with Gasteiger partial charge in [-0.05, 0) is 38.1 Å². The number of amides is 1. The molecule has 1 aromatic heterocycles. The first-order valence-electron chi connectivity index (χ1n) is 7.73. The van der Waals surface area contributed by atoms with E-state index in [1.807, 2.05) is 32.0 Å². The first kappa shape index (κ1) is 16.2. The second-order valence-electron chi connectivity index (χ2n) is 6.32. The van der Waals surface area contributed by atoms with Crippen LogP contribution < -0.4 is 19.5 Å². The first-order chi connectivity index (χ1) is 11.4. The number of hydrogen-bond donors (Lipinski definition) is 1. The molecular formula is C18H21NO5. The van der Waals surface area contributed by atoms with Gasteiger partial charge in [0, 0.05) is 18.1 Å². The predicted molar refractivity (Wildman–Crippen MR) is 87.8 cm³/mol. The number of ether oxygens (including phenoxy) is 3. The summed E-state index contributed by atoms with van der Waals surface area (Å²) in [4.78, 5) is 12.5. The lowest BCUT2D eigenvalue weighted by molar-refractivity contribution is 0.0608. The van der Waals surface area contributed by atoms with E-state index in [0.717, 1.165) is 17.1 Å². The maximum absolute atomic E-state index is 12.5.